The number of carbonyl (C=O) groups is 2. The molecular formula is C12H23NO4. The number of ether oxygens (including phenoxy) is 1. The maximum Gasteiger partial charge on any atom is 0.407 e. The molecule has 0 bridgehead atoms. The average molecular weight is 245 g/mol. The van der Waals surface area contributed by atoms with Crippen molar-refractivity contribution in [3.05, 3.63) is 0 Å². The normalized spacial score (nSPS) is 16.4. The molecule has 2 N–H and O–H groups in total. The molecule has 0 spiro atoms. The maximum absolute atomic E-state index is 11.4. The Bertz CT molecular complexity index is 229. The van der Waals surface area contributed by atoms with Gasteiger partial charge < -0.3 is 15.2 Å². The lowest BCUT2D eigenvalue weighted by Gasteiger charge is -2.25. The lowest BCUT2D eigenvalue weighted by molar-refractivity contribution is -0.122. The zero-order chi connectivity index (χ0) is 13.3. The second kappa shape index (κ2) is 7.92. The van der Waals surface area contributed by atoms with Gasteiger partial charge in [0.2, 0.25) is 0 Å². The Morgan fingerprint density at radius 1 is 1.29 bits per heavy atom. The van der Waals surface area contributed by atoms with E-state index in [1.54, 1.807) is 0 Å². The fraction of sp³-hybridized carbons (Fsp3) is 0.833. The first-order valence-electron chi connectivity index (χ1n) is 5.96. The molecule has 0 atom stereocenters. The largest absolute Gasteiger partial charge is 0.483 e. The zero-order valence-electron chi connectivity index (χ0n) is 10.9. The van der Waals surface area contributed by atoms with E-state index in [-0.39, 0.29) is 12.6 Å². The third kappa shape index (κ3) is 9.66. The fourth-order valence-electron chi connectivity index (χ4n) is 1.72. The SMILES string of the molecule is CC(C)(C)OC(=O)NC1CCCCC1.O=CO. The molecule has 1 amide bonds. The molecule has 0 aromatic rings. The van der Waals surface area contributed by atoms with Crippen LogP contribution < -0.4 is 5.32 Å². The van der Waals surface area contributed by atoms with Gasteiger partial charge in [0.1, 0.15) is 5.60 Å². The van der Waals surface area contributed by atoms with Gasteiger partial charge in [-0.15, -0.1) is 0 Å². The Kier molecular flexibility index (Phi) is 7.34. The summed E-state index contributed by atoms with van der Waals surface area (Å²) < 4.78 is 5.19. The molecule has 0 aliphatic heterocycles. The molecule has 1 aliphatic carbocycles. The lowest BCUT2D eigenvalue weighted by atomic mass is 9.96. The Morgan fingerprint density at radius 3 is 2.18 bits per heavy atom. The molecule has 100 valence electrons. The van der Waals surface area contributed by atoms with Crippen LogP contribution >= 0.6 is 0 Å². The van der Waals surface area contributed by atoms with Crippen LogP contribution in [0.2, 0.25) is 0 Å². The van der Waals surface area contributed by atoms with Crippen LogP contribution in [0, 0.1) is 0 Å². The summed E-state index contributed by atoms with van der Waals surface area (Å²) in [6.07, 6.45) is 5.66. The molecule has 0 radical (unpaired) electrons. The van der Waals surface area contributed by atoms with Gasteiger partial charge in [0.15, 0.2) is 0 Å². The fourth-order valence-corrected chi connectivity index (χ4v) is 1.72. The third-order valence-electron chi connectivity index (χ3n) is 2.33. The van der Waals surface area contributed by atoms with Crippen LogP contribution in [0.25, 0.3) is 0 Å². The highest BCUT2D eigenvalue weighted by Gasteiger charge is 2.20. The first kappa shape index (κ1) is 15.7. The summed E-state index contributed by atoms with van der Waals surface area (Å²) in [4.78, 5) is 19.8. The van der Waals surface area contributed by atoms with Gasteiger partial charge in [-0.1, -0.05) is 19.3 Å². The van der Waals surface area contributed by atoms with Crippen LogP contribution in [-0.4, -0.2) is 29.3 Å². The van der Waals surface area contributed by atoms with E-state index in [9.17, 15) is 4.79 Å². The minimum Gasteiger partial charge on any atom is -0.483 e. The molecule has 0 heterocycles. The van der Waals surface area contributed by atoms with Crippen LogP contribution in [0.5, 0.6) is 0 Å². The molecule has 0 unspecified atom stereocenters. The Labute approximate surface area is 103 Å². The highest BCUT2D eigenvalue weighted by molar-refractivity contribution is 5.68. The molecule has 0 aromatic carbocycles. The predicted molar refractivity (Wildman–Crippen MR) is 64.9 cm³/mol. The highest BCUT2D eigenvalue weighted by Crippen LogP contribution is 2.18. The summed E-state index contributed by atoms with van der Waals surface area (Å²) in [6.45, 7) is 5.40. The monoisotopic (exact) mass is 245 g/mol. The van der Waals surface area contributed by atoms with Gasteiger partial charge in [0.25, 0.3) is 6.47 Å². The summed E-state index contributed by atoms with van der Waals surface area (Å²) in [5.41, 5.74) is -0.390. The van der Waals surface area contributed by atoms with Crippen molar-refractivity contribution in [3.63, 3.8) is 0 Å². The molecule has 0 saturated heterocycles. The van der Waals surface area contributed by atoms with Crippen molar-refractivity contribution in [2.24, 2.45) is 0 Å². The Balaban J connectivity index is 0.000000770. The summed E-state index contributed by atoms with van der Waals surface area (Å²) in [7, 11) is 0. The third-order valence-corrected chi connectivity index (χ3v) is 2.33. The number of amides is 1. The van der Waals surface area contributed by atoms with E-state index in [2.05, 4.69) is 5.32 Å². The molecule has 1 fully saturated rings. The van der Waals surface area contributed by atoms with E-state index in [0.29, 0.717) is 6.04 Å². The van der Waals surface area contributed by atoms with Crippen LogP contribution in [0.4, 0.5) is 4.79 Å². The first-order valence-corrected chi connectivity index (χ1v) is 5.96. The van der Waals surface area contributed by atoms with E-state index in [1.807, 2.05) is 20.8 Å². The summed E-state index contributed by atoms with van der Waals surface area (Å²) in [5, 5.41) is 9.80. The standard InChI is InChI=1S/C11H21NO2.CH2O2/c1-11(2,3)14-10(13)12-9-7-5-4-6-8-9;2-1-3/h9H,4-8H2,1-3H3,(H,12,13);1H,(H,2,3). The van der Waals surface area contributed by atoms with Crippen molar-refractivity contribution in [2.45, 2.75) is 64.5 Å². The topological polar surface area (TPSA) is 75.6 Å². The van der Waals surface area contributed by atoms with E-state index < -0.39 is 5.60 Å². The van der Waals surface area contributed by atoms with Crippen LogP contribution in [0.1, 0.15) is 52.9 Å². The van der Waals surface area contributed by atoms with Crippen LogP contribution in [0.3, 0.4) is 0 Å². The second-order valence-corrected chi connectivity index (χ2v) is 5.09. The van der Waals surface area contributed by atoms with Crippen molar-refractivity contribution < 1.29 is 19.4 Å². The van der Waals surface area contributed by atoms with Crippen molar-refractivity contribution in [3.8, 4) is 0 Å². The molecule has 1 saturated carbocycles. The van der Waals surface area contributed by atoms with Gasteiger partial charge >= 0.3 is 6.09 Å². The van der Waals surface area contributed by atoms with E-state index in [0.717, 1.165) is 12.8 Å². The van der Waals surface area contributed by atoms with E-state index in [4.69, 9.17) is 14.6 Å². The van der Waals surface area contributed by atoms with Crippen molar-refractivity contribution >= 4 is 12.6 Å². The number of nitrogens with one attached hydrogen (secondary N) is 1. The average Bonchev–Trinajstić information content (AvgIpc) is 2.17. The smallest absolute Gasteiger partial charge is 0.407 e. The summed E-state index contributed by atoms with van der Waals surface area (Å²) in [6, 6.07) is 0.332. The van der Waals surface area contributed by atoms with Gasteiger partial charge in [-0.3, -0.25) is 4.79 Å². The lowest BCUT2D eigenvalue weighted by Crippen LogP contribution is -2.39. The maximum atomic E-state index is 11.4. The van der Waals surface area contributed by atoms with Crippen molar-refractivity contribution in [1.82, 2.24) is 5.32 Å². The van der Waals surface area contributed by atoms with Crippen molar-refractivity contribution in [2.75, 3.05) is 0 Å². The van der Waals surface area contributed by atoms with Gasteiger partial charge in [0, 0.05) is 6.04 Å². The molecule has 17 heavy (non-hydrogen) atoms. The minimum absolute atomic E-state index is 0.250. The molecule has 5 nitrogen and oxygen atoms in total. The van der Waals surface area contributed by atoms with Crippen LogP contribution in [-0.2, 0) is 9.53 Å². The number of hydrogen-bond acceptors (Lipinski definition) is 3. The Morgan fingerprint density at radius 2 is 1.76 bits per heavy atom. The molecule has 1 aliphatic rings. The highest BCUT2D eigenvalue weighted by atomic mass is 16.6. The molecule has 1 rings (SSSR count). The number of alkyl carbamates (subject to hydrolysis) is 1. The van der Waals surface area contributed by atoms with Gasteiger partial charge in [-0.05, 0) is 33.6 Å². The van der Waals surface area contributed by atoms with Gasteiger partial charge in [-0.2, -0.15) is 0 Å². The first-order chi connectivity index (χ1) is 7.89. The van der Waals surface area contributed by atoms with Crippen molar-refractivity contribution in [1.29, 1.82) is 0 Å². The summed E-state index contributed by atoms with van der Waals surface area (Å²) >= 11 is 0. The van der Waals surface area contributed by atoms with Gasteiger partial charge in [-0.25, -0.2) is 4.79 Å². The van der Waals surface area contributed by atoms with E-state index >= 15 is 0 Å². The molecular weight excluding hydrogens is 222 g/mol. The number of rotatable bonds is 1. The minimum atomic E-state index is -0.390. The Hall–Kier alpha value is -1.26. The summed E-state index contributed by atoms with van der Waals surface area (Å²) in [5.74, 6) is 0. The van der Waals surface area contributed by atoms with Crippen LogP contribution in [0.15, 0.2) is 0 Å². The quantitative estimate of drug-likeness (QED) is 0.696. The number of carbonyl (C=O) groups excluding carboxylic acids is 1. The second-order valence-electron chi connectivity index (χ2n) is 5.09. The zero-order valence-corrected chi connectivity index (χ0v) is 10.9. The van der Waals surface area contributed by atoms with E-state index in [1.165, 1.54) is 19.3 Å². The predicted octanol–water partition coefficient (Wildman–Crippen LogP) is 2.54. The molecule has 0 aromatic heterocycles. The van der Waals surface area contributed by atoms with Gasteiger partial charge in [0.05, 0.1) is 0 Å². The number of carboxylic acid groups (broad SMARTS) is 1. The number of hydrogen-bond donors (Lipinski definition) is 2. The molecule has 5 heteroatoms.